The molecule has 1 saturated heterocycles. The molecule has 0 bridgehead atoms. The van der Waals surface area contributed by atoms with Gasteiger partial charge in [-0.2, -0.15) is 5.26 Å². The maximum Gasteiger partial charge on any atom is 0.232 e. The van der Waals surface area contributed by atoms with Crippen LogP contribution in [0, 0.1) is 17.1 Å². The Hall–Kier alpha value is -2.87. The lowest BCUT2D eigenvalue weighted by atomic mass is 9.83. The van der Waals surface area contributed by atoms with Gasteiger partial charge in [-0.05, 0) is 37.6 Å². The molecule has 0 unspecified atom stereocenters. The SMILES string of the molecule is CC(C)(C(=O)N1CCN(c2ccc(C#N)cc2F)CC1)c1ccccc1. The largest absolute Gasteiger partial charge is 0.366 e. The van der Waals surface area contributed by atoms with Gasteiger partial charge in [0.2, 0.25) is 5.91 Å². The zero-order chi connectivity index (χ0) is 18.7. The highest BCUT2D eigenvalue weighted by Crippen LogP contribution is 2.27. The van der Waals surface area contributed by atoms with Crippen molar-refractivity contribution in [2.24, 2.45) is 0 Å². The van der Waals surface area contributed by atoms with E-state index in [1.54, 1.807) is 12.1 Å². The summed E-state index contributed by atoms with van der Waals surface area (Å²) in [6.07, 6.45) is 0. The molecule has 2 aromatic carbocycles. The van der Waals surface area contributed by atoms with Gasteiger partial charge in [-0.1, -0.05) is 30.3 Å². The average Bonchev–Trinajstić information content (AvgIpc) is 2.68. The van der Waals surface area contributed by atoms with E-state index in [-0.39, 0.29) is 5.91 Å². The van der Waals surface area contributed by atoms with Gasteiger partial charge >= 0.3 is 0 Å². The van der Waals surface area contributed by atoms with Crippen LogP contribution in [0.15, 0.2) is 48.5 Å². The number of halogens is 1. The number of nitriles is 1. The molecular weight excluding hydrogens is 329 g/mol. The quantitative estimate of drug-likeness (QED) is 0.852. The summed E-state index contributed by atoms with van der Waals surface area (Å²) in [5, 5.41) is 8.85. The van der Waals surface area contributed by atoms with Crippen molar-refractivity contribution in [1.82, 2.24) is 4.90 Å². The highest BCUT2D eigenvalue weighted by atomic mass is 19.1. The van der Waals surface area contributed by atoms with Crippen LogP contribution in [0.5, 0.6) is 0 Å². The van der Waals surface area contributed by atoms with E-state index in [0.717, 1.165) is 5.56 Å². The van der Waals surface area contributed by atoms with E-state index in [9.17, 15) is 9.18 Å². The average molecular weight is 351 g/mol. The highest BCUT2D eigenvalue weighted by molar-refractivity contribution is 5.87. The summed E-state index contributed by atoms with van der Waals surface area (Å²) >= 11 is 0. The number of rotatable bonds is 3. The van der Waals surface area contributed by atoms with E-state index in [1.807, 2.05) is 60.0 Å². The number of anilines is 1. The van der Waals surface area contributed by atoms with Gasteiger partial charge in [-0.25, -0.2) is 4.39 Å². The van der Waals surface area contributed by atoms with E-state index >= 15 is 0 Å². The molecule has 0 atom stereocenters. The topological polar surface area (TPSA) is 47.3 Å². The molecule has 1 fully saturated rings. The number of amides is 1. The van der Waals surface area contributed by atoms with Crippen LogP contribution in [0.1, 0.15) is 25.0 Å². The summed E-state index contributed by atoms with van der Waals surface area (Å²) in [6, 6.07) is 16.2. The minimum absolute atomic E-state index is 0.0867. The molecule has 3 rings (SSSR count). The molecule has 1 aliphatic heterocycles. The number of hydrogen-bond donors (Lipinski definition) is 0. The van der Waals surface area contributed by atoms with Crippen LogP contribution in [0.3, 0.4) is 0 Å². The number of nitrogens with zero attached hydrogens (tertiary/aromatic N) is 3. The molecule has 0 saturated carbocycles. The number of benzene rings is 2. The molecule has 0 aliphatic carbocycles. The first-order chi connectivity index (χ1) is 12.4. The van der Waals surface area contributed by atoms with Crippen molar-refractivity contribution < 1.29 is 9.18 Å². The minimum atomic E-state index is -0.594. The van der Waals surface area contributed by atoms with E-state index in [0.29, 0.717) is 37.4 Å². The van der Waals surface area contributed by atoms with Crippen molar-refractivity contribution in [3.63, 3.8) is 0 Å². The summed E-state index contributed by atoms with van der Waals surface area (Å²) in [7, 11) is 0. The van der Waals surface area contributed by atoms with Crippen molar-refractivity contribution in [2.45, 2.75) is 19.3 Å². The van der Waals surface area contributed by atoms with Crippen LogP contribution >= 0.6 is 0 Å². The van der Waals surface area contributed by atoms with Gasteiger partial charge < -0.3 is 9.80 Å². The standard InChI is InChI=1S/C21H22FN3O/c1-21(2,17-6-4-3-5-7-17)20(26)25-12-10-24(11-13-25)19-9-8-16(15-23)14-18(19)22/h3-9,14H,10-13H2,1-2H3. The van der Waals surface area contributed by atoms with Crippen molar-refractivity contribution >= 4 is 11.6 Å². The van der Waals surface area contributed by atoms with Gasteiger partial charge in [-0.15, -0.1) is 0 Å². The van der Waals surface area contributed by atoms with Crippen LogP contribution in [-0.2, 0) is 10.2 Å². The van der Waals surface area contributed by atoms with Crippen LogP contribution in [0.4, 0.5) is 10.1 Å². The summed E-state index contributed by atoms with van der Waals surface area (Å²) < 4.78 is 14.2. The first-order valence-electron chi connectivity index (χ1n) is 8.73. The first kappa shape index (κ1) is 17.9. The maximum atomic E-state index is 14.2. The van der Waals surface area contributed by atoms with Gasteiger partial charge in [-0.3, -0.25) is 4.79 Å². The normalized spacial score (nSPS) is 14.8. The second-order valence-electron chi connectivity index (χ2n) is 7.05. The molecule has 1 heterocycles. The van der Waals surface area contributed by atoms with Crippen molar-refractivity contribution in [2.75, 3.05) is 31.1 Å². The van der Waals surface area contributed by atoms with Gasteiger partial charge in [0.1, 0.15) is 5.82 Å². The number of carbonyl (C=O) groups excluding carboxylic acids is 1. The molecule has 0 spiro atoms. The maximum absolute atomic E-state index is 14.2. The highest BCUT2D eigenvalue weighted by Gasteiger charge is 2.35. The Morgan fingerprint density at radius 3 is 2.31 bits per heavy atom. The van der Waals surface area contributed by atoms with Crippen LogP contribution in [-0.4, -0.2) is 37.0 Å². The fourth-order valence-corrected chi connectivity index (χ4v) is 3.36. The Kier molecular flexibility index (Phi) is 4.94. The third-order valence-electron chi connectivity index (χ3n) is 5.01. The van der Waals surface area contributed by atoms with Crippen LogP contribution in [0.25, 0.3) is 0 Å². The summed E-state index contributed by atoms with van der Waals surface area (Å²) in [6.45, 7) is 6.12. The van der Waals surface area contributed by atoms with Crippen molar-refractivity contribution in [3.8, 4) is 6.07 Å². The lowest BCUT2D eigenvalue weighted by molar-refractivity contribution is -0.136. The molecule has 5 heteroatoms. The summed E-state index contributed by atoms with van der Waals surface area (Å²) in [5.41, 5.74) is 1.19. The lowest BCUT2D eigenvalue weighted by Crippen LogP contribution is -2.53. The third kappa shape index (κ3) is 3.41. The predicted molar refractivity (Wildman–Crippen MR) is 99.4 cm³/mol. The van der Waals surface area contributed by atoms with Gasteiger partial charge in [0.25, 0.3) is 0 Å². The molecular formula is C21H22FN3O. The van der Waals surface area contributed by atoms with Crippen LogP contribution in [0.2, 0.25) is 0 Å². The van der Waals surface area contributed by atoms with E-state index in [4.69, 9.17) is 5.26 Å². The van der Waals surface area contributed by atoms with Crippen molar-refractivity contribution in [1.29, 1.82) is 5.26 Å². The fraction of sp³-hybridized carbons (Fsp3) is 0.333. The monoisotopic (exact) mass is 351 g/mol. The van der Waals surface area contributed by atoms with Crippen LogP contribution < -0.4 is 4.90 Å². The molecule has 0 radical (unpaired) electrons. The Morgan fingerprint density at radius 1 is 1.08 bits per heavy atom. The molecule has 0 N–H and O–H groups in total. The molecule has 1 aliphatic rings. The lowest BCUT2D eigenvalue weighted by Gasteiger charge is -2.39. The molecule has 0 aromatic heterocycles. The zero-order valence-electron chi connectivity index (χ0n) is 15.1. The number of carbonyl (C=O) groups is 1. The Morgan fingerprint density at radius 2 is 1.73 bits per heavy atom. The first-order valence-corrected chi connectivity index (χ1v) is 8.73. The minimum Gasteiger partial charge on any atom is -0.366 e. The zero-order valence-corrected chi connectivity index (χ0v) is 15.1. The third-order valence-corrected chi connectivity index (χ3v) is 5.01. The van der Waals surface area contributed by atoms with Crippen molar-refractivity contribution in [3.05, 3.63) is 65.5 Å². The Balaban J connectivity index is 1.69. The van der Waals surface area contributed by atoms with E-state index in [2.05, 4.69) is 0 Å². The predicted octanol–water partition coefficient (Wildman–Crippen LogP) is 3.32. The smallest absolute Gasteiger partial charge is 0.232 e. The summed E-state index contributed by atoms with van der Waals surface area (Å²) in [5.74, 6) is -0.308. The fourth-order valence-electron chi connectivity index (χ4n) is 3.36. The molecule has 26 heavy (non-hydrogen) atoms. The van der Waals surface area contributed by atoms with Gasteiger partial charge in [0, 0.05) is 26.2 Å². The second kappa shape index (κ2) is 7.17. The van der Waals surface area contributed by atoms with E-state index in [1.165, 1.54) is 6.07 Å². The van der Waals surface area contributed by atoms with Gasteiger partial charge in [0.05, 0.1) is 22.7 Å². The summed E-state index contributed by atoms with van der Waals surface area (Å²) in [4.78, 5) is 16.8. The van der Waals surface area contributed by atoms with E-state index < -0.39 is 11.2 Å². The molecule has 2 aromatic rings. The Bertz CT molecular complexity index is 834. The second-order valence-corrected chi connectivity index (χ2v) is 7.05. The van der Waals surface area contributed by atoms with Gasteiger partial charge in [0.15, 0.2) is 0 Å². The number of hydrogen-bond acceptors (Lipinski definition) is 3. The molecule has 4 nitrogen and oxygen atoms in total. The molecule has 134 valence electrons. The molecule has 1 amide bonds. The number of piperazine rings is 1. The Labute approximate surface area is 153 Å².